The molecule has 0 fully saturated rings. The molecule has 0 aliphatic carbocycles. The van der Waals surface area contributed by atoms with E-state index < -0.39 is 0 Å². The minimum Gasteiger partial charge on any atom is -0.359 e. The van der Waals surface area contributed by atoms with E-state index in [1.807, 2.05) is 19.0 Å². The average molecular weight is 248 g/mol. The molecule has 0 atom stereocenters. The van der Waals surface area contributed by atoms with Crippen LogP contribution in [0.25, 0.3) is 0 Å². The molecule has 0 unspecified atom stereocenters. The van der Waals surface area contributed by atoms with Gasteiger partial charge in [0.15, 0.2) is 11.5 Å². The number of benzene rings is 1. The van der Waals surface area contributed by atoms with E-state index in [0.29, 0.717) is 17.9 Å². The molecule has 18 heavy (non-hydrogen) atoms. The minimum absolute atomic E-state index is 0.235. The van der Waals surface area contributed by atoms with Crippen molar-refractivity contribution >= 4 is 5.78 Å². The molecule has 2 aromatic rings. The lowest BCUT2D eigenvalue weighted by atomic mass is 10.1. The van der Waals surface area contributed by atoms with Crippen LogP contribution in [0.2, 0.25) is 0 Å². The van der Waals surface area contributed by atoms with Gasteiger partial charge in [0.1, 0.15) is 5.82 Å². The highest BCUT2D eigenvalue weighted by Crippen LogP contribution is 2.12. The third kappa shape index (κ3) is 2.81. The topological polar surface area (TPSA) is 46.3 Å². The number of nitrogens with zero attached hydrogens (tertiary/aromatic N) is 2. The van der Waals surface area contributed by atoms with Gasteiger partial charge in [-0.25, -0.2) is 4.39 Å². The van der Waals surface area contributed by atoms with E-state index in [1.165, 1.54) is 24.3 Å². The number of rotatable bonds is 4. The van der Waals surface area contributed by atoms with Gasteiger partial charge in [-0.05, 0) is 38.4 Å². The summed E-state index contributed by atoms with van der Waals surface area (Å²) in [6.07, 6.45) is 0. The van der Waals surface area contributed by atoms with Crippen molar-refractivity contribution in [3.8, 4) is 0 Å². The van der Waals surface area contributed by atoms with Crippen LogP contribution in [-0.4, -0.2) is 29.9 Å². The second-order valence-electron chi connectivity index (χ2n) is 4.25. The van der Waals surface area contributed by atoms with Crippen molar-refractivity contribution in [2.75, 3.05) is 14.1 Å². The molecule has 1 aromatic carbocycles. The Labute approximate surface area is 104 Å². The summed E-state index contributed by atoms with van der Waals surface area (Å²) in [5.74, 6) is -0.0331. The van der Waals surface area contributed by atoms with E-state index >= 15 is 0 Å². The smallest absolute Gasteiger partial charge is 0.214 e. The van der Waals surface area contributed by atoms with Crippen LogP contribution in [0, 0.1) is 5.82 Å². The monoisotopic (exact) mass is 248 g/mol. The molecule has 0 saturated heterocycles. The highest BCUT2D eigenvalue weighted by Gasteiger charge is 2.15. The molecule has 1 aromatic heterocycles. The average Bonchev–Trinajstić information content (AvgIpc) is 2.76. The maximum Gasteiger partial charge on any atom is 0.214 e. The SMILES string of the molecule is CN(C)Cc1cc(C(=O)c2ccc(F)cc2)no1. The van der Waals surface area contributed by atoms with Crippen molar-refractivity contribution in [3.63, 3.8) is 0 Å². The number of hydrogen-bond donors (Lipinski definition) is 0. The van der Waals surface area contributed by atoms with Gasteiger partial charge in [0.2, 0.25) is 5.78 Å². The molecule has 0 aliphatic heterocycles. The molecule has 5 heteroatoms. The summed E-state index contributed by atoms with van der Waals surface area (Å²) in [7, 11) is 3.79. The van der Waals surface area contributed by atoms with E-state index in [2.05, 4.69) is 5.16 Å². The minimum atomic E-state index is -0.375. The van der Waals surface area contributed by atoms with Crippen LogP contribution >= 0.6 is 0 Å². The first kappa shape index (κ1) is 12.4. The third-order valence-corrected chi connectivity index (χ3v) is 2.37. The lowest BCUT2D eigenvalue weighted by Crippen LogP contribution is -2.09. The van der Waals surface area contributed by atoms with Gasteiger partial charge in [-0.15, -0.1) is 0 Å². The molecule has 94 valence electrons. The van der Waals surface area contributed by atoms with Gasteiger partial charge in [-0.1, -0.05) is 5.16 Å². The van der Waals surface area contributed by atoms with Crippen LogP contribution in [0.1, 0.15) is 21.8 Å². The molecule has 0 amide bonds. The molecule has 0 radical (unpaired) electrons. The number of carbonyl (C=O) groups excluding carboxylic acids is 1. The zero-order valence-corrected chi connectivity index (χ0v) is 10.2. The molecule has 0 aliphatic rings. The Kier molecular flexibility index (Phi) is 3.53. The van der Waals surface area contributed by atoms with Crippen molar-refractivity contribution < 1.29 is 13.7 Å². The van der Waals surface area contributed by atoms with E-state index in [1.54, 1.807) is 6.07 Å². The summed E-state index contributed by atoms with van der Waals surface area (Å²) < 4.78 is 17.8. The number of aromatic nitrogens is 1. The van der Waals surface area contributed by atoms with E-state index in [9.17, 15) is 9.18 Å². The Morgan fingerprint density at radius 3 is 2.61 bits per heavy atom. The van der Waals surface area contributed by atoms with Gasteiger partial charge in [0.25, 0.3) is 0 Å². The van der Waals surface area contributed by atoms with Crippen LogP contribution in [-0.2, 0) is 6.54 Å². The Morgan fingerprint density at radius 2 is 2.00 bits per heavy atom. The maximum absolute atomic E-state index is 12.7. The number of ketones is 1. The van der Waals surface area contributed by atoms with Gasteiger partial charge >= 0.3 is 0 Å². The predicted molar refractivity (Wildman–Crippen MR) is 63.7 cm³/mol. The Hall–Kier alpha value is -2.01. The molecule has 0 saturated carbocycles. The van der Waals surface area contributed by atoms with Gasteiger partial charge in [0.05, 0.1) is 6.54 Å². The molecular formula is C13H13FN2O2. The Balaban J connectivity index is 2.18. The maximum atomic E-state index is 12.7. The summed E-state index contributed by atoms with van der Waals surface area (Å²) in [6, 6.07) is 6.95. The molecule has 4 nitrogen and oxygen atoms in total. The van der Waals surface area contributed by atoms with E-state index in [0.717, 1.165) is 0 Å². The predicted octanol–water partition coefficient (Wildman–Crippen LogP) is 2.11. The summed E-state index contributed by atoms with van der Waals surface area (Å²) in [4.78, 5) is 13.9. The lowest BCUT2D eigenvalue weighted by molar-refractivity contribution is 0.103. The van der Waals surface area contributed by atoms with Crippen LogP contribution in [0.3, 0.4) is 0 Å². The Morgan fingerprint density at radius 1 is 1.33 bits per heavy atom. The standard InChI is InChI=1S/C13H13FN2O2/c1-16(2)8-11-7-12(15-18-11)13(17)9-3-5-10(14)6-4-9/h3-7H,8H2,1-2H3. The summed E-state index contributed by atoms with van der Waals surface area (Å²) in [6.45, 7) is 0.573. The van der Waals surface area contributed by atoms with Crippen LogP contribution in [0.4, 0.5) is 4.39 Å². The third-order valence-electron chi connectivity index (χ3n) is 2.37. The van der Waals surface area contributed by atoms with Crippen molar-refractivity contribution in [2.45, 2.75) is 6.54 Å². The molecule has 0 bridgehead atoms. The zero-order chi connectivity index (χ0) is 13.1. The van der Waals surface area contributed by atoms with Crippen LogP contribution in [0.5, 0.6) is 0 Å². The van der Waals surface area contributed by atoms with E-state index in [-0.39, 0.29) is 17.3 Å². The summed E-state index contributed by atoms with van der Waals surface area (Å²) >= 11 is 0. The zero-order valence-electron chi connectivity index (χ0n) is 10.2. The highest BCUT2D eigenvalue weighted by atomic mass is 19.1. The molecule has 0 spiro atoms. The fourth-order valence-electron chi connectivity index (χ4n) is 1.56. The highest BCUT2D eigenvalue weighted by molar-refractivity contribution is 6.07. The second kappa shape index (κ2) is 5.10. The summed E-state index contributed by atoms with van der Waals surface area (Å²) in [5.41, 5.74) is 0.625. The fourth-order valence-corrected chi connectivity index (χ4v) is 1.56. The fraction of sp³-hybridized carbons (Fsp3) is 0.231. The van der Waals surface area contributed by atoms with Crippen LogP contribution < -0.4 is 0 Å². The van der Waals surface area contributed by atoms with Crippen LogP contribution in [0.15, 0.2) is 34.9 Å². The first-order valence-electron chi connectivity index (χ1n) is 5.47. The van der Waals surface area contributed by atoms with Crippen molar-refractivity contribution in [1.29, 1.82) is 0 Å². The number of hydrogen-bond acceptors (Lipinski definition) is 4. The summed E-state index contributed by atoms with van der Waals surface area (Å²) in [5, 5.41) is 3.72. The van der Waals surface area contributed by atoms with Gasteiger partial charge in [-0.3, -0.25) is 4.79 Å². The largest absolute Gasteiger partial charge is 0.359 e. The number of halogens is 1. The van der Waals surface area contributed by atoms with Crippen molar-refractivity contribution in [2.24, 2.45) is 0 Å². The van der Waals surface area contributed by atoms with Crippen molar-refractivity contribution in [3.05, 3.63) is 53.2 Å². The number of carbonyl (C=O) groups is 1. The molecule has 1 heterocycles. The van der Waals surface area contributed by atoms with Gasteiger partial charge in [0, 0.05) is 11.6 Å². The van der Waals surface area contributed by atoms with Crippen molar-refractivity contribution in [1.82, 2.24) is 10.1 Å². The van der Waals surface area contributed by atoms with Gasteiger partial charge in [-0.2, -0.15) is 0 Å². The first-order chi connectivity index (χ1) is 8.56. The second-order valence-corrected chi connectivity index (χ2v) is 4.25. The first-order valence-corrected chi connectivity index (χ1v) is 5.47. The lowest BCUT2D eigenvalue weighted by Gasteiger charge is -2.03. The molecule has 0 N–H and O–H groups in total. The normalized spacial score (nSPS) is 10.9. The van der Waals surface area contributed by atoms with E-state index in [4.69, 9.17) is 4.52 Å². The molecule has 2 rings (SSSR count). The van der Waals surface area contributed by atoms with Gasteiger partial charge < -0.3 is 9.42 Å². The quantitative estimate of drug-likeness (QED) is 0.777. The molecular weight excluding hydrogens is 235 g/mol. The Bertz CT molecular complexity index is 546.